The fourth-order valence-corrected chi connectivity index (χ4v) is 4.45. The van der Waals surface area contributed by atoms with Crippen LogP contribution in [-0.2, 0) is 28.7 Å². The van der Waals surface area contributed by atoms with Gasteiger partial charge in [-0.25, -0.2) is 4.79 Å². The van der Waals surface area contributed by atoms with E-state index in [9.17, 15) is 24.3 Å². The second kappa shape index (κ2) is 14.1. The molecule has 1 N–H and O–H groups in total. The van der Waals surface area contributed by atoms with Crippen LogP contribution in [0.4, 0.5) is 0 Å². The summed E-state index contributed by atoms with van der Waals surface area (Å²) in [5.74, 6) is -1.98. The predicted octanol–water partition coefficient (Wildman–Crippen LogP) is 3.29. The number of ether oxygens (including phenoxy) is 2. The molecule has 2 heterocycles. The lowest BCUT2D eigenvalue weighted by atomic mass is 9.88. The van der Waals surface area contributed by atoms with E-state index in [0.29, 0.717) is 44.1 Å². The van der Waals surface area contributed by atoms with Crippen molar-refractivity contribution in [1.29, 1.82) is 0 Å². The number of imide groups is 1. The number of methoxy groups -OCH3 is 1. The van der Waals surface area contributed by atoms with Gasteiger partial charge in [0.05, 0.1) is 12.0 Å². The molecule has 1 fully saturated rings. The molecule has 0 saturated carbocycles. The van der Waals surface area contributed by atoms with Gasteiger partial charge in [-0.2, -0.15) is 0 Å². The topological polar surface area (TPSA) is 110 Å². The maximum atomic E-state index is 13.0. The number of aliphatic hydroxyl groups is 1. The third-order valence-corrected chi connectivity index (χ3v) is 6.60. The van der Waals surface area contributed by atoms with Gasteiger partial charge in [0.2, 0.25) is 11.8 Å². The average Bonchev–Trinajstić information content (AvgIpc) is 2.82. The molecule has 5 atom stereocenters. The van der Waals surface area contributed by atoms with Gasteiger partial charge in [0, 0.05) is 44.9 Å². The molecule has 2 aliphatic rings. The van der Waals surface area contributed by atoms with Crippen molar-refractivity contribution >= 4 is 23.6 Å². The molecule has 0 aromatic carbocycles. The van der Waals surface area contributed by atoms with Gasteiger partial charge in [0.1, 0.15) is 18.0 Å². The molecule has 8 nitrogen and oxygen atoms in total. The van der Waals surface area contributed by atoms with Crippen molar-refractivity contribution in [2.45, 2.75) is 84.0 Å². The van der Waals surface area contributed by atoms with E-state index in [1.54, 1.807) is 27.0 Å². The predicted molar refractivity (Wildman–Crippen MR) is 131 cm³/mol. The summed E-state index contributed by atoms with van der Waals surface area (Å²) >= 11 is 0. The fraction of sp³-hybridized carbons (Fsp3) is 0.630. The number of ketones is 1. The molecule has 8 heteroatoms. The number of cyclic esters (lactones) is 1. The first-order valence-corrected chi connectivity index (χ1v) is 12.4. The van der Waals surface area contributed by atoms with Crippen LogP contribution in [0, 0.1) is 11.8 Å². The molecule has 2 rings (SSSR count). The van der Waals surface area contributed by atoms with Gasteiger partial charge in [-0.3, -0.25) is 19.3 Å². The summed E-state index contributed by atoms with van der Waals surface area (Å²) in [7, 11) is 1.54. The average molecular weight is 490 g/mol. The summed E-state index contributed by atoms with van der Waals surface area (Å²) in [5, 5.41) is 10.8. The van der Waals surface area contributed by atoms with Crippen molar-refractivity contribution in [3.05, 3.63) is 36.0 Å². The van der Waals surface area contributed by atoms with E-state index in [1.807, 2.05) is 25.2 Å². The Hall–Kier alpha value is -2.58. The second-order valence-electron chi connectivity index (χ2n) is 9.38. The normalized spacial score (nSPS) is 31.1. The monoisotopic (exact) mass is 489 g/mol. The lowest BCUT2D eigenvalue weighted by Crippen LogP contribution is -2.41. The minimum Gasteiger partial charge on any atom is -0.454 e. The number of esters is 1. The number of likely N-dealkylation sites (tertiary alicyclic amines) is 1. The van der Waals surface area contributed by atoms with E-state index in [1.165, 1.54) is 11.0 Å². The Labute approximate surface area is 208 Å². The lowest BCUT2D eigenvalue weighted by molar-refractivity contribution is -0.149. The number of hydrogen-bond acceptors (Lipinski definition) is 7. The largest absolute Gasteiger partial charge is 0.454 e. The van der Waals surface area contributed by atoms with Gasteiger partial charge in [0.25, 0.3) is 0 Å². The van der Waals surface area contributed by atoms with E-state index in [4.69, 9.17) is 9.47 Å². The van der Waals surface area contributed by atoms with E-state index in [2.05, 4.69) is 0 Å². The van der Waals surface area contributed by atoms with E-state index >= 15 is 0 Å². The quantitative estimate of drug-likeness (QED) is 0.332. The van der Waals surface area contributed by atoms with Crippen molar-refractivity contribution in [1.82, 2.24) is 4.90 Å². The maximum Gasteiger partial charge on any atom is 0.331 e. The molecule has 0 spiro atoms. The Bertz CT molecular complexity index is 844. The number of rotatable bonds is 7. The summed E-state index contributed by atoms with van der Waals surface area (Å²) in [4.78, 5) is 50.7. The molecule has 35 heavy (non-hydrogen) atoms. The molecule has 1 saturated heterocycles. The molecule has 2 amide bonds. The summed E-state index contributed by atoms with van der Waals surface area (Å²) in [6, 6.07) is 0. The second-order valence-corrected chi connectivity index (χ2v) is 9.38. The van der Waals surface area contributed by atoms with Crippen LogP contribution < -0.4 is 0 Å². The zero-order valence-corrected chi connectivity index (χ0v) is 21.3. The Morgan fingerprint density at radius 1 is 1.20 bits per heavy atom. The summed E-state index contributed by atoms with van der Waals surface area (Å²) < 4.78 is 11.1. The third kappa shape index (κ3) is 8.54. The van der Waals surface area contributed by atoms with Crippen molar-refractivity contribution < 1.29 is 33.8 Å². The highest BCUT2D eigenvalue weighted by Gasteiger charge is 2.31. The van der Waals surface area contributed by atoms with Gasteiger partial charge in [-0.15, -0.1) is 0 Å². The van der Waals surface area contributed by atoms with Crippen LogP contribution in [0.25, 0.3) is 0 Å². The molecule has 2 aliphatic heterocycles. The van der Waals surface area contributed by atoms with E-state index in [0.717, 1.165) is 0 Å². The Balaban J connectivity index is 2.14. The van der Waals surface area contributed by atoms with Crippen LogP contribution >= 0.6 is 0 Å². The minimum absolute atomic E-state index is 0.122. The number of amides is 2. The maximum absolute atomic E-state index is 13.0. The summed E-state index contributed by atoms with van der Waals surface area (Å²) in [5.41, 5.74) is 0.663. The first-order valence-electron chi connectivity index (χ1n) is 12.4. The SMILES string of the molecule is CO[C@H]1/C=C/CC/C=C\C(=O)OC([C@H](C)C(=O)CCCN2C(=O)CCCC2=O)/C(C)=C\[C@@H](C)[C@@H]1O. The van der Waals surface area contributed by atoms with Crippen molar-refractivity contribution in [3.8, 4) is 0 Å². The molecule has 194 valence electrons. The Morgan fingerprint density at radius 2 is 1.86 bits per heavy atom. The van der Waals surface area contributed by atoms with E-state index in [-0.39, 0.29) is 36.5 Å². The van der Waals surface area contributed by atoms with Crippen molar-refractivity contribution in [2.24, 2.45) is 11.8 Å². The van der Waals surface area contributed by atoms with Gasteiger partial charge >= 0.3 is 5.97 Å². The highest BCUT2D eigenvalue weighted by Crippen LogP contribution is 2.24. The highest BCUT2D eigenvalue weighted by molar-refractivity contribution is 5.97. The van der Waals surface area contributed by atoms with Crippen LogP contribution in [0.1, 0.15) is 65.7 Å². The van der Waals surface area contributed by atoms with Gasteiger partial charge in [-0.05, 0) is 38.2 Å². The van der Waals surface area contributed by atoms with Crippen LogP contribution in [0.3, 0.4) is 0 Å². The smallest absolute Gasteiger partial charge is 0.331 e. The fourth-order valence-electron chi connectivity index (χ4n) is 4.45. The standard InChI is InChI=1S/C27H39NO7/c1-18-17-19(2)27(35-25(32)15-8-6-5-7-12-22(34-4)26(18)33)20(3)21(29)11-10-16-28-23(30)13-9-14-24(28)31/h7-8,12,15,17-18,20,22,26-27,33H,5-6,9-11,13-14,16H2,1-4H3/b12-7+,15-8-,19-17-/t18-,20-,22+,26+,27?/m1/s1. The summed E-state index contributed by atoms with van der Waals surface area (Å²) in [6.45, 7) is 5.55. The highest BCUT2D eigenvalue weighted by atomic mass is 16.5. The zero-order valence-electron chi connectivity index (χ0n) is 21.3. The minimum atomic E-state index is -0.813. The number of hydrogen-bond donors (Lipinski definition) is 1. The number of Topliss-reactive ketones (excluding diaryl/α,β-unsaturated/α-hetero) is 1. The Kier molecular flexibility index (Phi) is 11.5. The van der Waals surface area contributed by atoms with Crippen molar-refractivity contribution in [2.75, 3.05) is 13.7 Å². The van der Waals surface area contributed by atoms with Gasteiger partial charge in [0.15, 0.2) is 0 Å². The molecule has 1 unspecified atom stereocenters. The number of carbonyl (C=O) groups excluding carboxylic acids is 4. The Morgan fingerprint density at radius 3 is 2.51 bits per heavy atom. The van der Waals surface area contributed by atoms with Crippen LogP contribution in [0.15, 0.2) is 36.0 Å². The number of nitrogens with zero attached hydrogens (tertiary/aromatic N) is 1. The number of aliphatic hydroxyl groups excluding tert-OH is 1. The zero-order chi connectivity index (χ0) is 26.0. The molecule has 0 bridgehead atoms. The van der Waals surface area contributed by atoms with Crippen LogP contribution in [0.2, 0.25) is 0 Å². The molecule has 0 aliphatic carbocycles. The van der Waals surface area contributed by atoms with E-state index < -0.39 is 30.2 Å². The molecular formula is C27H39NO7. The molecule has 0 aromatic heterocycles. The van der Waals surface area contributed by atoms with Crippen LogP contribution in [-0.4, -0.2) is 65.5 Å². The number of carbonyl (C=O) groups is 4. The van der Waals surface area contributed by atoms with Gasteiger partial charge < -0.3 is 14.6 Å². The molecule has 0 aromatic rings. The first-order chi connectivity index (χ1) is 16.6. The summed E-state index contributed by atoms with van der Waals surface area (Å²) in [6.07, 6.45) is 9.65. The molecular weight excluding hydrogens is 450 g/mol. The first kappa shape index (κ1) is 28.7. The van der Waals surface area contributed by atoms with Crippen LogP contribution in [0.5, 0.6) is 0 Å². The lowest BCUT2D eigenvalue weighted by Gasteiger charge is -2.28. The van der Waals surface area contributed by atoms with Gasteiger partial charge in [-0.1, -0.05) is 38.2 Å². The van der Waals surface area contributed by atoms with Crippen molar-refractivity contribution in [3.63, 3.8) is 0 Å². The number of allylic oxidation sites excluding steroid dienone is 2. The molecule has 0 radical (unpaired) electrons. The third-order valence-electron chi connectivity index (χ3n) is 6.60. The number of piperidine rings is 1.